The van der Waals surface area contributed by atoms with Crippen LogP contribution < -0.4 is 0 Å². The van der Waals surface area contributed by atoms with Crippen LogP contribution in [0.1, 0.15) is 0 Å². The molecule has 0 aliphatic heterocycles. The van der Waals surface area contributed by atoms with E-state index in [2.05, 4.69) is 276 Å². The topological polar surface area (TPSA) is 9.86 Å². The van der Waals surface area contributed by atoms with E-state index in [1.165, 1.54) is 131 Å². The summed E-state index contributed by atoms with van der Waals surface area (Å²) in [4.78, 5) is 0. The van der Waals surface area contributed by atoms with E-state index >= 15 is 0 Å². The fraction of sp³-hybridized carbons (Fsp3) is 0. The van der Waals surface area contributed by atoms with Gasteiger partial charge in [0.2, 0.25) is 0 Å². The van der Waals surface area contributed by atoms with Gasteiger partial charge in [0.25, 0.3) is 0 Å². The minimum atomic E-state index is 1.16. The number of para-hydroxylation sites is 4. The van der Waals surface area contributed by atoms with E-state index in [9.17, 15) is 0 Å². The van der Waals surface area contributed by atoms with Gasteiger partial charge >= 0.3 is 0 Å². The van der Waals surface area contributed by atoms with Crippen molar-refractivity contribution in [2.75, 3.05) is 0 Å². The molecular weight excluding hydrogens is 869 g/mol. The molecule has 0 saturated carbocycles. The van der Waals surface area contributed by atoms with E-state index in [0.29, 0.717) is 0 Å². The van der Waals surface area contributed by atoms with Crippen LogP contribution in [0.2, 0.25) is 0 Å². The van der Waals surface area contributed by atoms with Crippen LogP contribution in [0.3, 0.4) is 0 Å². The van der Waals surface area contributed by atoms with Gasteiger partial charge in [0.05, 0.1) is 22.1 Å². The lowest BCUT2D eigenvalue weighted by molar-refractivity contribution is 1.18. The van der Waals surface area contributed by atoms with Gasteiger partial charge in [0.1, 0.15) is 0 Å². The minimum absolute atomic E-state index is 1.16. The lowest BCUT2D eigenvalue weighted by atomic mass is 9.84. The zero-order valence-electron chi connectivity index (χ0n) is 39.3. The fourth-order valence-electron chi connectivity index (χ4n) is 12.2. The quantitative estimate of drug-likeness (QED) is 0.147. The smallest absolute Gasteiger partial charge is 0.0547 e. The molecule has 2 aromatic heterocycles. The van der Waals surface area contributed by atoms with Crippen molar-refractivity contribution in [1.29, 1.82) is 0 Å². The van der Waals surface area contributed by atoms with Gasteiger partial charge in [-0.1, -0.05) is 212 Å². The van der Waals surface area contributed by atoms with Crippen LogP contribution in [-0.2, 0) is 0 Å². The SMILES string of the molecule is c1ccc(-c2ccc(-c3c4cccc(-c5cccc6c5ccc5c6c6ccccc6n5-c5ccccc5)c4cc4c(-c5cccc6c5ccc5c6c6ccccc6n5-c5ccccc5)cccc34)cc2)cc1. The molecule has 0 saturated heterocycles. The van der Waals surface area contributed by atoms with Crippen molar-refractivity contribution in [2.45, 2.75) is 0 Å². The molecule has 0 radical (unpaired) electrons. The number of hydrogen-bond acceptors (Lipinski definition) is 0. The number of rotatable bonds is 6. The first kappa shape index (κ1) is 40.4. The third-order valence-electron chi connectivity index (χ3n) is 15.3. The third-order valence-corrected chi connectivity index (χ3v) is 15.3. The van der Waals surface area contributed by atoms with Crippen LogP contribution in [0.4, 0.5) is 0 Å². The van der Waals surface area contributed by atoms with E-state index in [-0.39, 0.29) is 0 Å². The van der Waals surface area contributed by atoms with Crippen LogP contribution in [0.15, 0.2) is 267 Å². The van der Waals surface area contributed by atoms with Crippen LogP contribution in [0.25, 0.3) is 143 Å². The monoisotopic (exact) mass is 912 g/mol. The molecule has 0 N–H and O–H groups in total. The maximum Gasteiger partial charge on any atom is 0.0547 e. The third kappa shape index (κ3) is 6.03. The van der Waals surface area contributed by atoms with Gasteiger partial charge in [0, 0.05) is 32.9 Å². The van der Waals surface area contributed by atoms with Gasteiger partial charge in [-0.15, -0.1) is 0 Å². The molecule has 15 aromatic rings. The maximum atomic E-state index is 2.49. The Hall–Kier alpha value is -9.50. The maximum absolute atomic E-state index is 2.49. The highest BCUT2D eigenvalue weighted by molar-refractivity contribution is 6.27. The summed E-state index contributed by atoms with van der Waals surface area (Å²) in [5, 5.41) is 15.0. The zero-order chi connectivity index (χ0) is 47.3. The van der Waals surface area contributed by atoms with Crippen molar-refractivity contribution < 1.29 is 0 Å². The Morgan fingerprint density at radius 3 is 1.03 bits per heavy atom. The molecule has 2 nitrogen and oxygen atoms in total. The summed E-state index contributed by atoms with van der Waals surface area (Å²) in [5.74, 6) is 0. The Morgan fingerprint density at radius 1 is 0.194 bits per heavy atom. The van der Waals surface area contributed by atoms with E-state index < -0.39 is 0 Å². The average Bonchev–Trinajstić information content (AvgIpc) is 3.98. The molecule has 0 bridgehead atoms. The molecule has 13 aromatic carbocycles. The number of aromatic nitrogens is 2. The van der Waals surface area contributed by atoms with Crippen LogP contribution in [0, 0.1) is 0 Å². The standard InChI is InChI=1S/C70H44N2/c1-4-18-45(19-5-1)46-36-38-47(39-37-46)68-58-32-16-28-52(50-26-14-30-56-54(50)40-42-66-69(56)60-24-10-12-34-64(60)71(66)48-20-6-2-7-21-48)62(58)44-63-53(29-17-33-59(63)68)51-27-15-31-57-55(51)41-43-67-70(57)61-25-11-13-35-65(61)72(67)49-22-8-3-9-23-49/h1-44H. The lowest BCUT2D eigenvalue weighted by Gasteiger charge is -2.19. The first-order chi connectivity index (χ1) is 35.8. The molecule has 0 atom stereocenters. The van der Waals surface area contributed by atoms with Gasteiger partial charge in [-0.3, -0.25) is 0 Å². The van der Waals surface area contributed by atoms with Gasteiger partial charge in [0.15, 0.2) is 0 Å². The summed E-state index contributed by atoms with van der Waals surface area (Å²) in [6.45, 7) is 0. The molecule has 2 heterocycles. The Labute approximate surface area is 416 Å². The van der Waals surface area contributed by atoms with Gasteiger partial charge in [-0.05, 0) is 142 Å². The highest BCUT2D eigenvalue weighted by Crippen LogP contribution is 2.48. The van der Waals surface area contributed by atoms with Crippen molar-refractivity contribution in [2.24, 2.45) is 0 Å². The normalized spacial score (nSPS) is 11.9. The number of fused-ring (bicyclic) bond motifs is 12. The molecular formula is C70H44N2. The van der Waals surface area contributed by atoms with Crippen molar-refractivity contribution >= 4 is 86.7 Å². The Bertz CT molecular complexity index is 4380. The fourth-order valence-corrected chi connectivity index (χ4v) is 12.2. The summed E-state index contributed by atoms with van der Waals surface area (Å²) in [5.41, 5.74) is 16.9. The molecule has 0 aliphatic rings. The van der Waals surface area contributed by atoms with E-state index in [1.807, 2.05) is 0 Å². The van der Waals surface area contributed by atoms with Gasteiger partial charge in [-0.2, -0.15) is 0 Å². The van der Waals surface area contributed by atoms with Crippen molar-refractivity contribution in [3.8, 4) is 55.9 Å². The summed E-state index contributed by atoms with van der Waals surface area (Å²) in [6.07, 6.45) is 0. The summed E-state index contributed by atoms with van der Waals surface area (Å²) < 4.78 is 4.83. The largest absolute Gasteiger partial charge is 0.309 e. The molecule has 0 spiro atoms. The van der Waals surface area contributed by atoms with Crippen LogP contribution in [-0.4, -0.2) is 9.13 Å². The van der Waals surface area contributed by atoms with Crippen LogP contribution >= 0.6 is 0 Å². The predicted octanol–water partition coefficient (Wildman–Crippen LogP) is 19.2. The van der Waals surface area contributed by atoms with Crippen molar-refractivity contribution in [1.82, 2.24) is 9.13 Å². The molecule has 72 heavy (non-hydrogen) atoms. The highest BCUT2D eigenvalue weighted by Gasteiger charge is 2.22. The second-order valence-corrected chi connectivity index (χ2v) is 19.1. The summed E-state index contributed by atoms with van der Waals surface area (Å²) in [7, 11) is 0. The zero-order valence-corrected chi connectivity index (χ0v) is 39.3. The first-order valence-corrected chi connectivity index (χ1v) is 24.9. The molecule has 2 heteroatoms. The lowest BCUT2D eigenvalue weighted by Crippen LogP contribution is -1.93. The Kier molecular flexibility index (Phi) is 8.99. The summed E-state index contributed by atoms with van der Waals surface area (Å²) >= 11 is 0. The van der Waals surface area contributed by atoms with Crippen molar-refractivity contribution in [3.63, 3.8) is 0 Å². The molecule has 15 rings (SSSR count). The second-order valence-electron chi connectivity index (χ2n) is 19.1. The van der Waals surface area contributed by atoms with Gasteiger partial charge in [-0.25, -0.2) is 0 Å². The van der Waals surface area contributed by atoms with Gasteiger partial charge < -0.3 is 9.13 Å². The van der Waals surface area contributed by atoms with E-state index in [4.69, 9.17) is 0 Å². The first-order valence-electron chi connectivity index (χ1n) is 24.9. The highest BCUT2D eigenvalue weighted by atomic mass is 15.0. The van der Waals surface area contributed by atoms with E-state index in [0.717, 1.165) is 11.4 Å². The predicted molar refractivity (Wildman–Crippen MR) is 307 cm³/mol. The number of nitrogens with zero attached hydrogens (tertiary/aromatic N) is 2. The van der Waals surface area contributed by atoms with Crippen molar-refractivity contribution in [3.05, 3.63) is 267 Å². The average molecular weight is 913 g/mol. The minimum Gasteiger partial charge on any atom is -0.309 e. The molecule has 0 unspecified atom stereocenters. The molecule has 0 fully saturated rings. The van der Waals surface area contributed by atoms with E-state index in [1.54, 1.807) is 0 Å². The number of benzene rings is 13. The van der Waals surface area contributed by atoms with Crippen LogP contribution in [0.5, 0.6) is 0 Å². The molecule has 0 amide bonds. The Morgan fingerprint density at radius 2 is 0.556 bits per heavy atom. The Balaban J connectivity index is 1.01. The molecule has 334 valence electrons. The molecule has 0 aliphatic carbocycles. The second kappa shape index (κ2) is 16.0. The number of hydrogen-bond donors (Lipinski definition) is 0. The summed E-state index contributed by atoms with van der Waals surface area (Å²) in [6, 6.07) is 98.6.